The second kappa shape index (κ2) is 5.50. The lowest BCUT2D eigenvalue weighted by atomic mass is 10.1. The molecule has 1 unspecified atom stereocenters. The summed E-state index contributed by atoms with van der Waals surface area (Å²) >= 11 is 0. The topological polar surface area (TPSA) is 50.1 Å². The zero-order valence-electron chi connectivity index (χ0n) is 10.5. The van der Waals surface area contributed by atoms with Crippen molar-refractivity contribution in [1.29, 1.82) is 0 Å². The number of aromatic nitrogens is 1. The van der Waals surface area contributed by atoms with Gasteiger partial charge in [-0.15, -0.1) is 0 Å². The van der Waals surface area contributed by atoms with Crippen LogP contribution in [0.25, 0.3) is 11.1 Å². The van der Waals surface area contributed by atoms with Crippen LogP contribution < -0.4 is 10.6 Å². The molecule has 0 amide bonds. The molecule has 96 valence electrons. The number of hydrogen-bond acceptors (Lipinski definition) is 4. The predicted octanol–water partition coefficient (Wildman–Crippen LogP) is 2.06. The summed E-state index contributed by atoms with van der Waals surface area (Å²) in [7, 11) is 0. The lowest BCUT2D eigenvalue weighted by Gasteiger charge is -2.10. The lowest BCUT2D eigenvalue weighted by molar-refractivity contribution is 0.523. The highest BCUT2D eigenvalue weighted by Crippen LogP contribution is 2.14. The molecule has 3 rings (SSSR count). The fourth-order valence-corrected chi connectivity index (χ4v) is 2.52. The van der Waals surface area contributed by atoms with Gasteiger partial charge < -0.3 is 15.1 Å². The van der Waals surface area contributed by atoms with Gasteiger partial charge in [-0.05, 0) is 50.0 Å². The van der Waals surface area contributed by atoms with Gasteiger partial charge in [-0.3, -0.25) is 0 Å². The summed E-state index contributed by atoms with van der Waals surface area (Å²) < 4.78 is 5.30. The molecule has 1 fully saturated rings. The Morgan fingerprint density at radius 2 is 2.44 bits per heavy atom. The monoisotopic (exact) mass is 245 g/mol. The van der Waals surface area contributed by atoms with Crippen molar-refractivity contribution in [2.45, 2.75) is 31.8 Å². The molecule has 0 radical (unpaired) electrons. The molecule has 1 aliphatic rings. The molecule has 2 N–H and O–H groups in total. The highest BCUT2D eigenvalue weighted by Gasteiger charge is 2.12. The summed E-state index contributed by atoms with van der Waals surface area (Å²) in [6.07, 6.45) is 5.36. The van der Waals surface area contributed by atoms with Crippen LogP contribution >= 0.6 is 0 Å². The number of rotatable bonds is 5. The van der Waals surface area contributed by atoms with Crippen molar-refractivity contribution in [3.05, 3.63) is 30.2 Å². The van der Waals surface area contributed by atoms with Crippen LogP contribution in [0.2, 0.25) is 0 Å². The number of oxazole rings is 1. The SMILES string of the molecule is c1nc2ccc(CNCCC3CCCN3)cc2o1. The second-order valence-corrected chi connectivity index (χ2v) is 4.91. The predicted molar refractivity (Wildman–Crippen MR) is 71.4 cm³/mol. The van der Waals surface area contributed by atoms with Crippen LogP contribution in [0.4, 0.5) is 0 Å². The molecular weight excluding hydrogens is 226 g/mol. The van der Waals surface area contributed by atoms with Gasteiger partial charge in [0, 0.05) is 12.6 Å². The first-order valence-corrected chi connectivity index (χ1v) is 6.68. The van der Waals surface area contributed by atoms with E-state index in [1.54, 1.807) is 0 Å². The van der Waals surface area contributed by atoms with E-state index in [1.165, 1.54) is 37.8 Å². The van der Waals surface area contributed by atoms with E-state index in [-0.39, 0.29) is 0 Å². The van der Waals surface area contributed by atoms with Crippen molar-refractivity contribution in [2.24, 2.45) is 0 Å². The van der Waals surface area contributed by atoms with E-state index >= 15 is 0 Å². The normalized spacial score (nSPS) is 19.7. The molecule has 0 bridgehead atoms. The Labute approximate surface area is 107 Å². The minimum Gasteiger partial charge on any atom is -0.443 e. The Balaban J connectivity index is 1.47. The number of nitrogens with zero attached hydrogens (tertiary/aromatic N) is 1. The van der Waals surface area contributed by atoms with Gasteiger partial charge >= 0.3 is 0 Å². The molecule has 1 saturated heterocycles. The summed E-state index contributed by atoms with van der Waals surface area (Å²) in [6.45, 7) is 3.14. The van der Waals surface area contributed by atoms with Crippen LogP contribution in [0.15, 0.2) is 29.0 Å². The molecular formula is C14H19N3O. The Kier molecular flexibility index (Phi) is 3.57. The number of fused-ring (bicyclic) bond motifs is 1. The summed E-state index contributed by atoms with van der Waals surface area (Å²) in [5.74, 6) is 0. The molecule has 4 nitrogen and oxygen atoms in total. The van der Waals surface area contributed by atoms with E-state index in [4.69, 9.17) is 4.42 Å². The highest BCUT2D eigenvalue weighted by molar-refractivity contribution is 5.72. The van der Waals surface area contributed by atoms with Gasteiger partial charge in [0.2, 0.25) is 0 Å². The summed E-state index contributed by atoms with van der Waals surface area (Å²) in [5, 5.41) is 7.00. The molecule has 1 aromatic carbocycles. The third-order valence-electron chi connectivity index (χ3n) is 3.56. The number of nitrogens with one attached hydrogen (secondary N) is 2. The minimum atomic E-state index is 0.717. The molecule has 1 aromatic heterocycles. The lowest BCUT2D eigenvalue weighted by Crippen LogP contribution is -2.26. The van der Waals surface area contributed by atoms with E-state index in [0.29, 0.717) is 6.04 Å². The average molecular weight is 245 g/mol. The fraction of sp³-hybridized carbons (Fsp3) is 0.500. The van der Waals surface area contributed by atoms with Crippen molar-refractivity contribution >= 4 is 11.1 Å². The number of benzene rings is 1. The third-order valence-corrected chi connectivity index (χ3v) is 3.56. The van der Waals surface area contributed by atoms with E-state index in [2.05, 4.69) is 27.8 Å². The maximum absolute atomic E-state index is 5.30. The van der Waals surface area contributed by atoms with Crippen LogP contribution in [0.5, 0.6) is 0 Å². The molecule has 1 aliphatic heterocycles. The second-order valence-electron chi connectivity index (χ2n) is 4.91. The average Bonchev–Trinajstić information content (AvgIpc) is 3.05. The van der Waals surface area contributed by atoms with Crippen molar-refractivity contribution in [1.82, 2.24) is 15.6 Å². The Morgan fingerprint density at radius 1 is 1.44 bits per heavy atom. The van der Waals surface area contributed by atoms with Gasteiger partial charge in [-0.2, -0.15) is 0 Å². The van der Waals surface area contributed by atoms with Gasteiger partial charge in [0.1, 0.15) is 5.52 Å². The van der Waals surface area contributed by atoms with Crippen LogP contribution in [-0.4, -0.2) is 24.1 Å². The molecule has 0 aliphatic carbocycles. The van der Waals surface area contributed by atoms with Crippen LogP contribution in [0.3, 0.4) is 0 Å². The van der Waals surface area contributed by atoms with E-state index in [0.717, 1.165) is 24.2 Å². The van der Waals surface area contributed by atoms with Crippen LogP contribution in [0, 0.1) is 0 Å². The van der Waals surface area contributed by atoms with Crippen LogP contribution in [-0.2, 0) is 6.54 Å². The molecule has 0 spiro atoms. The molecule has 18 heavy (non-hydrogen) atoms. The van der Waals surface area contributed by atoms with E-state index in [9.17, 15) is 0 Å². The third kappa shape index (κ3) is 2.71. The molecule has 2 aromatic rings. The quantitative estimate of drug-likeness (QED) is 0.792. The van der Waals surface area contributed by atoms with Crippen molar-refractivity contribution < 1.29 is 4.42 Å². The summed E-state index contributed by atoms with van der Waals surface area (Å²) in [5.41, 5.74) is 3.04. The fourth-order valence-electron chi connectivity index (χ4n) is 2.52. The molecule has 2 heterocycles. The van der Waals surface area contributed by atoms with Crippen molar-refractivity contribution in [3.8, 4) is 0 Å². The molecule has 4 heteroatoms. The number of hydrogen-bond donors (Lipinski definition) is 2. The van der Waals surface area contributed by atoms with E-state index < -0.39 is 0 Å². The van der Waals surface area contributed by atoms with Gasteiger partial charge in [0.15, 0.2) is 12.0 Å². The van der Waals surface area contributed by atoms with Gasteiger partial charge in [0.25, 0.3) is 0 Å². The first-order chi connectivity index (χ1) is 8.92. The van der Waals surface area contributed by atoms with Crippen LogP contribution in [0.1, 0.15) is 24.8 Å². The maximum Gasteiger partial charge on any atom is 0.181 e. The first kappa shape index (κ1) is 11.7. The van der Waals surface area contributed by atoms with Gasteiger partial charge in [0.05, 0.1) is 0 Å². The maximum atomic E-state index is 5.30. The standard InChI is InChI=1S/C14H19N3O/c1-2-12(16-6-1)5-7-15-9-11-3-4-13-14(8-11)18-10-17-13/h3-4,8,10,12,15-16H,1-2,5-7,9H2. The van der Waals surface area contributed by atoms with Crippen molar-refractivity contribution in [2.75, 3.05) is 13.1 Å². The largest absolute Gasteiger partial charge is 0.443 e. The smallest absolute Gasteiger partial charge is 0.181 e. The summed E-state index contributed by atoms with van der Waals surface area (Å²) in [4.78, 5) is 4.11. The molecule has 0 saturated carbocycles. The van der Waals surface area contributed by atoms with E-state index in [1.807, 2.05) is 6.07 Å². The van der Waals surface area contributed by atoms with Crippen molar-refractivity contribution in [3.63, 3.8) is 0 Å². The summed E-state index contributed by atoms with van der Waals surface area (Å²) in [6, 6.07) is 6.89. The Morgan fingerprint density at radius 3 is 3.33 bits per heavy atom. The van der Waals surface area contributed by atoms with Gasteiger partial charge in [-0.25, -0.2) is 4.98 Å². The van der Waals surface area contributed by atoms with Gasteiger partial charge in [-0.1, -0.05) is 6.07 Å². The first-order valence-electron chi connectivity index (χ1n) is 6.68. The highest BCUT2D eigenvalue weighted by atomic mass is 16.3. The Hall–Kier alpha value is -1.39. The minimum absolute atomic E-state index is 0.717. The Bertz CT molecular complexity index is 502. The zero-order chi connectivity index (χ0) is 12.2. The zero-order valence-corrected chi connectivity index (χ0v) is 10.5. The molecule has 1 atom stereocenters.